The highest BCUT2D eigenvalue weighted by Crippen LogP contribution is 2.49. The first kappa shape index (κ1) is 25.4. The molecular formula is C34H38N4O. The van der Waals surface area contributed by atoms with Crippen molar-refractivity contribution in [1.29, 1.82) is 0 Å². The number of hydrazine groups is 1. The predicted octanol–water partition coefficient (Wildman–Crippen LogP) is 7.35. The summed E-state index contributed by atoms with van der Waals surface area (Å²) in [4.78, 5) is 13.2. The van der Waals surface area contributed by atoms with Gasteiger partial charge < -0.3 is 9.13 Å². The van der Waals surface area contributed by atoms with Gasteiger partial charge in [-0.2, -0.15) is 0 Å². The van der Waals surface area contributed by atoms with Gasteiger partial charge in [0.1, 0.15) is 5.54 Å². The fraction of sp³-hybridized carbons (Fsp3) is 0.324. The fourth-order valence-electron chi connectivity index (χ4n) is 6.83. The van der Waals surface area contributed by atoms with E-state index in [1.807, 2.05) is 12.1 Å². The highest BCUT2D eigenvalue weighted by molar-refractivity contribution is 6.00. The first-order valence-corrected chi connectivity index (χ1v) is 14.4. The largest absolute Gasteiger partial charge is 0.345 e. The SMILES string of the molecule is CCCCn1c(C)c(C2(c3c(C)n(CCCC)c4ccccc34)NNC(=O)c3ccccc32)c2ccccc21. The number of hydrogen-bond acceptors (Lipinski definition) is 2. The molecule has 0 saturated heterocycles. The summed E-state index contributed by atoms with van der Waals surface area (Å²) in [6, 6.07) is 25.6. The molecule has 5 heteroatoms. The molecule has 0 fully saturated rings. The molecule has 1 aliphatic rings. The summed E-state index contributed by atoms with van der Waals surface area (Å²) in [7, 11) is 0. The maximum absolute atomic E-state index is 13.2. The minimum atomic E-state index is -0.771. The molecule has 6 rings (SSSR count). The number of fused-ring (bicyclic) bond motifs is 3. The lowest BCUT2D eigenvalue weighted by molar-refractivity contribution is 0.0897. The average molecular weight is 519 g/mol. The molecule has 1 aliphatic heterocycles. The second-order valence-corrected chi connectivity index (χ2v) is 10.8. The Morgan fingerprint density at radius 1 is 0.692 bits per heavy atom. The number of hydrogen-bond donors (Lipinski definition) is 2. The van der Waals surface area contributed by atoms with Crippen molar-refractivity contribution in [2.24, 2.45) is 0 Å². The van der Waals surface area contributed by atoms with E-state index < -0.39 is 5.54 Å². The van der Waals surface area contributed by atoms with Crippen LogP contribution in [0.15, 0.2) is 72.8 Å². The minimum absolute atomic E-state index is 0.0963. The maximum Gasteiger partial charge on any atom is 0.265 e. The molecule has 3 heterocycles. The molecule has 5 nitrogen and oxygen atoms in total. The molecule has 0 atom stereocenters. The van der Waals surface area contributed by atoms with E-state index in [9.17, 15) is 4.79 Å². The quantitative estimate of drug-likeness (QED) is 0.226. The first-order valence-electron chi connectivity index (χ1n) is 14.4. The third kappa shape index (κ3) is 3.75. The van der Waals surface area contributed by atoms with Crippen molar-refractivity contribution in [3.8, 4) is 0 Å². The zero-order valence-corrected chi connectivity index (χ0v) is 23.5. The Balaban J connectivity index is 1.79. The molecule has 2 aromatic heterocycles. The van der Waals surface area contributed by atoms with Crippen LogP contribution in [-0.2, 0) is 18.6 Å². The smallest absolute Gasteiger partial charge is 0.265 e. The first-order chi connectivity index (χ1) is 19.0. The normalized spacial score (nSPS) is 14.6. The van der Waals surface area contributed by atoms with Gasteiger partial charge in [-0.1, -0.05) is 81.3 Å². The van der Waals surface area contributed by atoms with E-state index in [0.717, 1.165) is 44.3 Å². The minimum Gasteiger partial charge on any atom is -0.345 e. The Hall–Kier alpha value is -3.83. The van der Waals surface area contributed by atoms with Crippen LogP contribution in [0, 0.1) is 13.8 Å². The van der Waals surface area contributed by atoms with Gasteiger partial charge in [-0.25, -0.2) is 5.43 Å². The molecule has 3 aromatic carbocycles. The Bertz CT molecular complexity index is 1600. The molecule has 39 heavy (non-hydrogen) atoms. The van der Waals surface area contributed by atoms with Gasteiger partial charge in [0.2, 0.25) is 0 Å². The number of carbonyl (C=O) groups is 1. The van der Waals surface area contributed by atoms with E-state index in [0.29, 0.717) is 5.56 Å². The van der Waals surface area contributed by atoms with Gasteiger partial charge >= 0.3 is 0 Å². The van der Waals surface area contributed by atoms with Gasteiger partial charge in [0, 0.05) is 63.0 Å². The van der Waals surface area contributed by atoms with Gasteiger partial charge in [0.05, 0.1) is 0 Å². The number of aromatic nitrogens is 2. The maximum atomic E-state index is 13.2. The summed E-state index contributed by atoms with van der Waals surface area (Å²) in [5.74, 6) is -0.0963. The van der Waals surface area contributed by atoms with Crippen molar-refractivity contribution in [3.05, 3.63) is 106 Å². The Labute approximate surface area is 230 Å². The lowest BCUT2D eigenvalue weighted by Crippen LogP contribution is -2.58. The lowest BCUT2D eigenvalue weighted by atomic mass is 9.72. The van der Waals surface area contributed by atoms with Crippen molar-refractivity contribution in [3.63, 3.8) is 0 Å². The molecule has 2 N–H and O–H groups in total. The zero-order chi connectivity index (χ0) is 27.1. The molecule has 0 spiro atoms. The number of para-hydroxylation sites is 2. The highest BCUT2D eigenvalue weighted by Gasteiger charge is 2.48. The van der Waals surface area contributed by atoms with Crippen LogP contribution in [-0.4, -0.2) is 15.0 Å². The molecule has 0 radical (unpaired) electrons. The van der Waals surface area contributed by atoms with Crippen LogP contribution in [0.5, 0.6) is 0 Å². The molecule has 0 unspecified atom stereocenters. The van der Waals surface area contributed by atoms with E-state index in [2.05, 4.69) is 108 Å². The lowest BCUT2D eigenvalue weighted by Gasteiger charge is -2.41. The van der Waals surface area contributed by atoms with E-state index in [1.54, 1.807) is 0 Å². The molecule has 5 aromatic rings. The zero-order valence-electron chi connectivity index (χ0n) is 23.5. The van der Waals surface area contributed by atoms with Gasteiger partial charge in [0.25, 0.3) is 5.91 Å². The summed E-state index contributed by atoms with van der Waals surface area (Å²) < 4.78 is 4.95. The Kier molecular flexibility index (Phi) is 6.56. The summed E-state index contributed by atoms with van der Waals surface area (Å²) >= 11 is 0. The second-order valence-electron chi connectivity index (χ2n) is 10.8. The number of carbonyl (C=O) groups excluding carboxylic acids is 1. The van der Waals surface area contributed by atoms with Crippen LogP contribution >= 0.6 is 0 Å². The van der Waals surface area contributed by atoms with Crippen molar-refractivity contribution < 1.29 is 4.79 Å². The van der Waals surface area contributed by atoms with Crippen LogP contribution in [0.2, 0.25) is 0 Å². The molecule has 0 bridgehead atoms. The third-order valence-electron chi connectivity index (χ3n) is 8.62. The van der Waals surface area contributed by atoms with Gasteiger partial charge in [-0.05, 0) is 50.5 Å². The van der Waals surface area contributed by atoms with Crippen LogP contribution in [0.4, 0.5) is 0 Å². The van der Waals surface area contributed by atoms with E-state index in [4.69, 9.17) is 0 Å². The summed E-state index contributed by atoms with van der Waals surface area (Å²) in [5, 5.41) is 2.43. The number of unbranched alkanes of at least 4 members (excludes halogenated alkanes) is 2. The van der Waals surface area contributed by atoms with Crippen molar-refractivity contribution >= 4 is 27.7 Å². The number of nitrogens with one attached hydrogen (secondary N) is 2. The Morgan fingerprint density at radius 2 is 1.18 bits per heavy atom. The Morgan fingerprint density at radius 3 is 1.72 bits per heavy atom. The second kappa shape index (κ2) is 10.0. The number of benzene rings is 3. The number of amides is 1. The highest BCUT2D eigenvalue weighted by atomic mass is 16.2. The van der Waals surface area contributed by atoms with Crippen LogP contribution in [0.3, 0.4) is 0 Å². The number of rotatable bonds is 8. The van der Waals surface area contributed by atoms with Crippen molar-refractivity contribution in [2.45, 2.75) is 72.0 Å². The van der Waals surface area contributed by atoms with Crippen LogP contribution in [0.25, 0.3) is 21.8 Å². The van der Waals surface area contributed by atoms with Crippen molar-refractivity contribution in [2.75, 3.05) is 0 Å². The van der Waals surface area contributed by atoms with Gasteiger partial charge in [-0.15, -0.1) is 0 Å². The van der Waals surface area contributed by atoms with Gasteiger partial charge in [-0.3, -0.25) is 10.2 Å². The molecule has 1 amide bonds. The molecular weight excluding hydrogens is 480 g/mol. The number of aryl methyl sites for hydroxylation is 2. The molecule has 0 saturated carbocycles. The van der Waals surface area contributed by atoms with E-state index in [1.165, 1.54) is 44.3 Å². The fourth-order valence-corrected chi connectivity index (χ4v) is 6.83. The molecule has 0 aliphatic carbocycles. The summed E-state index contributed by atoms with van der Waals surface area (Å²) in [6.07, 6.45) is 4.49. The summed E-state index contributed by atoms with van der Waals surface area (Å²) in [6.45, 7) is 10.9. The van der Waals surface area contributed by atoms with Crippen LogP contribution < -0.4 is 10.9 Å². The topological polar surface area (TPSA) is 51.0 Å². The predicted molar refractivity (Wildman–Crippen MR) is 160 cm³/mol. The third-order valence-corrected chi connectivity index (χ3v) is 8.62. The van der Waals surface area contributed by atoms with Crippen LogP contribution in [0.1, 0.15) is 78.0 Å². The van der Waals surface area contributed by atoms with Crippen molar-refractivity contribution in [1.82, 2.24) is 20.0 Å². The van der Waals surface area contributed by atoms with E-state index in [-0.39, 0.29) is 5.91 Å². The van der Waals surface area contributed by atoms with E-state index >= 15 is 0 Å². The summed E-state index contributed by atoms with van der Waals surface area (Å²) in [5.41, 5.74) is 15.1. The monoisotopic (exact) mass is 518 g/mol. The van der Waals surface area contributed by atoms with Gasteiger partial charge in [0.15, 0.2) is 0 Å². The molecule has 200 valence electrons. The average Bonchev–Trinajstić information content (AvgIpc) is 3.41. The number of nitrogens with zero attached hydrogens (tertiary/aromatic N) is 2. The standard InChI is InChI=1S/C34H38N4O/c1-5-7-21-37-23(3)31(26-16-10-13-19-29(26)37)34(28-18-12-9-15-25(28)33(39)35-36-34)32-24(4)38(22-8-6-2)30-20-14-11-17-27(30)32/h9-20,36H,5-8,21-22H2,1-4H3,(H,35,39).